The fraction of sp³-hybridized carbons (Fsp3) is 0.889. The second-order valence-corrected chi connectivity index (χ2v) is 4.00. The Bertz CT molecular complexity index is 189. The molecule has 1 saturated heterocycles. The molecular weight excluding hydrogens is 152 g/mol. The van der Waals surface area contributed by atoms with E-state index in [1.807, 2.05) is 0 Å². The van der Waals surface area contributed by atoms with Gasteiger partial charge in [0, 0.05) is 25.0 Å². The first-order chi connectivity index (χ1) is 5.75. The molecule has 2 aliphatic rings. The smallest absolute Gasteiger partial charge is 0.221 e. The molecule has 1 aliphatic carbocycles. The van der Waals surface area contributed by atoms with E-state index in [2.05, 4.69) is 17.6 Å². The van der Waals surface area contributed by atoms with E-state index in [-0.39, 0.29) is 5.91 Å². The zero-order chi connectivity index (χ0) is 8.55. The highest BCUT2D eigenvalue weighted by atomic mass is 16.1. The summed E-state index contributed by atoms with van der Waals surface area (Å²) in [6.07, 6.45) is 3.39. The lowest BCUT2D eigenvalue weighted by molar-refractivity contribution is -0.119. The van der Waals surface area contributed by atoms with Crippen molar-refractivity contribution in [1.82, 2.24) is 10.6 Å². The van der Waals surface area contributed by atoms with Crippen molar-refractivity contribution in [1.29, 1.82) is 0 Å². The van der Waals surface area contributed by atoms with Crippen LogP contribution < -0.4 is 10.6 Å². The fourth-order valence-corrected chi connectivity index (χ4v) is 1.83. The minimum atomic E-state index is 0.190. The number of rotatable bonds is 3. The van der Waals surface area contributed by atoms with Crippen molar-refractivity contribution in [2.75, 3.05) is 6.54 Å². The third-order valence-electron chi connectivity index (χ3n) is 2.81. The summed E-state index contributed by atoms with van der Waals surface area (Å²) in [7, 11) is 0. The molecule has 3 nitrogen and oxygen atoms in total. The van der Waals surface area contributed by atoms with Crippen LogP contribution in [-0.4, -0.2) is 24.5 Å². The van der Waals surface area contributed by atoms with Gasteiger partial charge in [-0.05, 0) is 25.7 Å². The largest absolute Gasteiger partial charge is 0.354 e. The summed E-state index contributed by atoms with van der Waals surface area (Å²) in [5.41, 5.74) is 0. The van der Waals surface area contributed by atoms with E-state index in [1.165, 1.54) is 12.8 Å². The summed E-state index contributed by atoms with van der Waals surface area (Å²) in [5, 5.41) is 6.32. The molecule has 2 N–H and O–H groups in total. The summed E-state index contributed by atoms with van der Waals surface area (Å²) in [6.45, 7) is 3.04. The Hall–Kier alpha value is -0.570. The van der Waals surface area contributed by atoms with Crippen LogP contribution >= 0.6 is 0 Å². The highest BCUT2D eigenvalue weighted by molar-refractivity contribution is 5.78. The monoisotopic (exact) mass is 168 g/mol. The van der Waals surface area contributed by atoms with Gasteiger partial charge in [-0.2, -0.15) is 0 Å². The van der Waals surface area contributed by atoms with Gasteiger partial charge in [0.15, 0.2) is 0 Å². The van der Waals surface area contributed by atoms with Crippen molar-refractivity contribution in [2.24, 2.45) is 5.92 Å². The zero-order valence-electron chi connectivity index (χ0n) is 7.47. The second-order valence-electron chi connectivity index (χ2n) is 4.00. The SMILES string of the molecule is CC(NC1CNC(=O)C1)C1CC1. The molecule has 0 aromatic rings. The van der Waals surface area contributed by atoms with E-state index in [0.717, 1.165) is 12.5 Å². The maximum Gasteiger partial charge on any atom is 0.221 e. The Labute approximate surface area is 72.9 Å². The highest BCUT2D eigenvalue weighted by Crippen LogP contribution is 2.32. The summed E-state index contributed by atoms with van der Waals surface area (Å²) in [5.74, 6) is 1.07. The molecule has 1 amide bonds. The molecular formula is C9H16N2O. The van der Waals surface area contributed by atoms with Crippen molar-refractivity contribution in [3.63, 3.8) is 0 Å². The van der Waals surface area contributed by atoms with Gasteiger partial charge in [0.1, 0.15) is 0 Å². The first-order valence-corrected chi connectivity index (χ1v) is 4.78. The van der Waals surface area contributed by atoms with Crippen LogP contribution in [0.15, 0.2) is 0 Å². The minimum Gasteiger partial charge on any atom is -0.354 e. The van der Waals surface area contributed by atoms with E-state index < -0.39 is 0 Å². The molecule has 3 heteroatoms. The number of nitrogens with one attached hydrogen (secondary N) is 2. The highest BCUT2D eigenvalue weighted by Gasteiger charge is 2.31. The predicted octanol–water partition coefficient (Wildman–Crippen LogP) is 0.263. The molecule has 0 radical (unpaired) electrons. The molecule has 2 rings (SSSR count). The molecule has 12 heavy (non-hydrogen) atoms. The Morgan fingerprint density at radius 2 is 2.33 bits per heavy atom. The van der Waals surface area contributed by atoms with Gasteiger partial charge in [0.25, 0.3) is 0 Å². The molecule has 0 aromatic carbocycles. The van der Waals surface area contributed by atoms with E-state index in [1.54, 1.807) is 0 Å². The topological polar surface area (TPSA) is 41.1 Å². The first kappa shape index (κ1) is 8.05. The molecule has 0 spiro atoms. The lowest BCUT2D eigenvalue weighted by Crippen LogP contribution is -2.38. The lowest BCUT2D eigenvalue weighted by atomic mass is 10.1. The lowest BCUT2D eigenvalue weighted by Gasteiger charge is -2.16. The van der Waals surface area contributed by atoms with Crippen molar-refractivity contribution >= 4 is 5.91 Å². The molecule has 2 unspecified atom stereocenters. The molecule has 2 fully saturated rings. The van der Waals surface area contributed by atoms with Crippen molar-refractivity contribution < 1.29 is 4.79 Å². The average molecular weight is 168 g/mol. The van der Waals surface area contributed by atoms with Gasteiger partial charge >= 0.3 is 0 Å². The molecule has 1 heterocycles. The number of hydrogen-bond donors (Lipinski definition) is 2. The number of amides is 1. The van der Waals surface area contributed by atoms with Crippen LogP contribution in [0.4, 0.5) is 0 Å². The average Bonchev–Trinajstić information content (AvgIpc) is 2.78. The number of carbonyl (C=O) groups excluding carboxylic acids is 1. The van der Waals surface area contributed by atoms with Crippen LogP contribution in [-0.2, 0) is 4.79 Å². The first-order valence-electron chi connectivity index (χ1n) is 4.78. The summed E-state index contributed by atoms with van der Waals surface area (Å²) in [4.78, 5) is 10.9. The van der Waals surface area contributed by atoms with Crippen LogP contribution in [0.3, 0.4) is 0 Å². The number of hydrogen-bond acceptors (Lipinski definition) is 2. The molecule has 0 bridgehead atoms. The summed E-state index contributed by atoms with van der Waals surface area (Å²) >= 11 is 0. The minimum absolute atomic E-state index is 0.190. The van der Waals surface area contributed by atoms with E-state index in [9.17, 15) is 4.79 Å². The van der Waals surface area contributed by atoms with Gasteiger partial charge < -0.3 is 10.6 Å². The van der Waals surface area contributed by atoms with Crippen LogP contribution in [0.25, 0.3) is 0 Å². The Morgan fingerprint density at radius 3 is 2.83 bits per heavy atom. The third-order valence-corrected chi connectivity index (χ3v) is 2.81. The predicted molar refractivity (Wildman–Crippen MR) is 46.7 cm³/mol. The zero-order valence-corrected chi connectivity index (χ0v) is 7.47. The van der Waals surface area contributed by atoms with Crippen LogP contribution in [0.1, 0.15) is 26.2 Å². The fourth-order valence-electron chi connectivity index (χ4n) is 1.83. The Morgan fingerprint density at radius 1 is 1.58 bits per heavy atom. The summed E-state index contributed by atoms with van der Waals surface area (Å²) < 4.78 is 0. The van der Waals surface area contributed by atoms with Gasteiger partial charge in [-0.25, -0.2) is 0 Å². The van der Waals surface area contributed by atoms with E-state index in [4.69, 9.17) is 0 Å². The van der Waals surface area contributed by atoms with Crippen LogP contribution in [0.5, 0.6) is 0 Å². The quantitative estimate of drug-likeness (QED) is 0.635. The molecule has 1 aliphatic heterocycles. The molecule has 0 aromatic heterocycles. The van der Waals surface area contributed by atoms with Crippen LogP contribution in [0, 0.1) is 5.92 Å². The molecule has 1 saturated carbocycles. The third kappa shape index (κ3) is 1.78. The normalized spacial score (nSPS) is 31.8. The van der Waals surface area contributed by atoms with Crippen molar-refractivity contribution in [2.45, 2.75) is 38.3 Å². The van der Waals surface area contributed by atoms with E-state index in [0.29, 0.717) is 18.5 Å². The van der Waals surface area contributed by atoms with Gasteiger partial charge in [-0.15, -0.1) is 0 Å². The van der Waals surface area contributed by atoms with Gasteiger partial charge in [-0.1, -0.05) is 0 Å². The maximum atomic E-state index is 10.9. The second kappa shape index (κ2) is 3.05. The molecule has 2 atom stereocenters. The van der Waals surface area contributed by atoms with E-state index >= 15 is 0 Å². The van der Waals surface area contributed by atoms with Gasteiger partial charge in [0.2, 0.25) is 5.91 Å². The van der Waals surface area contributed by atoms with Crippen molar-refractivity contribution in [3.8, 4) is 0 Å². The summed E-state index contributed by atoms with van der Waals surface area (Å²) in [6, 6.07) is 0.982. The standard InChI is InChI=1S/C9H16N2O/c1-6(7-2-3-7)11-8-4-9(12)10-5-8/h6-8,11H,2-5H2,1H3,(H,10,12). The van der Waals surface area contributed by atoms with Crippen molar-refractivity contribution in [3.05, 3.63) is 0 Å². The Kier molecular flexibility index (Phi) is 2.05. The maximum absolute atomic E-state index is 10.9. The van der Waals surface area contributed by atoms with Gasteiger partial charge in [-0.3, -0.25) is 4.79 Å². The van der Waals surface area contributed by atoms with Crippen LogP contribution in [0.2, 0.25) is 0 Å². The Balaban J connectivity index is 1.75. The van der Waals surface area contributed by atoms with Gasteiger partial charge in [0.05, 0.1) is 0 Å². The number of carbonyl (C=O) groups is 1. The molecule has 68 valence electrons.